The predicted molar refractivity (Wildman–Crippen MR) is 67.4 cm³/mol. The minimum absolute atomic E-state index is 0.482. The molecule has 1 aromatic heterocycles. The molecule has 1 aromatic carbocycles. The van der Waals surface area contributed by atoms with Gasteiger partial charge in [0.05, 0.1) is 11.0 Å². The smallest absolute Gasteiger partial charge is 0.109 e. The maximum Gasteiger partial charge on any atom is 0.109 e. The topological polar surface area (TPSA) is 43.8 Å². The van der Waals surface area contributed by atoms with E-state index in [1.807, 2.05) is 0 Å². The number of hydrogen-bond donors (Lipinski definition) is 1. The first-order valence-corrected chi connectivity index (χ1v) is 5.74. The van der Waals surface area contributed by atoms with Crippen molar-refractivity contribution in [1.82, 2.24) is 9.55 Å². The average molecular weight is 217 g/mol. The van der Waals surface area contributed by atoms with Crippen LogP contribution in [0.1, 0.15) is 18.3 Å². The summed E-state index contributed by atoms with van der Waals surface area (Å²) in [6, 6.07) is 6.25. The van der Waals surface area contributed by atoms with Crippen LogP contribution < -0.4 is 5.73 Å². The van der Waals surface area contributed by atoms with Gasteiger partial charge in [0.1, 0.15) is 5.82 Å². The molecule has 0 spiro atoms. The summed E-state index contributed by atoms with van der Waals surface area (Å²) in [6.45, 7) is 4.99. The molecule has 0 aliphatic heterocycles. The maximum absolute atomic E-state index is 5.66. The first-order valence-electron chi connectivity index (χ1n) is 5.74. The molecular formula is C13H19N3. The molecule has 2 aromatic rings. The molecule has 0 saturated carbocycles. The van der Waals surface area contributed by atoms with Gasteiger partial charge in [-0.2, -0.15) is 0 Å². The Bertz CT molecular complexity index is 499. The van der Waals surface area contributed by atoms with Gasteiger partial charge >= 0.3 is 0 Å². The van der Waals surface area contributed by atoms with Gasteiger partial charge in [0, 0.05) is 13.5 Å². The highest BCUT2D eigenvalue weighted by molar-refractivity contribution is 5.79. The number of benzene rings is 1. The lowest BCUT2D eigenvalue weighted by Crippen LogP contribution is -2.15. The zero-order valence-corrected chi connectivity index (χ0v) is 10.2. The molecule has 0 fully saturated rings. The van der Waals surface area contributed by atoms with Crippen LogP contribution in [0.25, 0.3) is 11.0 Å². The molecule has 2 rings (SSSR count). The molecule has 2 N–H and O–H groups in total. The Hall–Kier alpha value is -1.35. The van der Waals surface area contributed by atoms with Crippen LogP contribution in [-0.4, -0.2) is 16.1 Å². The van der Waals surface area contributed by atoms with Crippen molar-refractivity contribution in [3.63, 3.8) is 0 Å². The van der Waals surface area contributed by atoms with Crippen LogP contribution in [0.2, 0.25) is 0 Å². The highest BCUT2D eigenvalue weighted by atomic mass is 15.1. The summed E-state index contributed by atoms with van der Waals surface area (Å²) in [5.74, 6) is 1.61. The van der Waals surface area contributed by atoms with E-state index in [-0.39, 0.29) is 0 Å². The predicted octanol–water partition coefficient (Wildman–Crippen LogP) is 2.02. The van der Waals surface area contributed by atoms with Gasteiger partial charge in [-0.3, -0.25) is 0 Å². The first kappa shape index (κ1) is 11.1. The molecule has 0 amide bonds. The van der Waals surface area contributed by atoms with E-state index in [0.29, 0.717) is 12.5 Å². The van der Waals surface area contributed by atoms with E-state index >= 15 is 0 Å². The molecule has 1 heterocycles. The Morgan fingerprint density at radius 2 is 2.19 bits per heavy atom. The first-order chi connectivity index (χ1) is 7.63. The molecule has 0 saturated heterocycles. The molecule has 0 bridgehead atoms. The number of rotatable bonds is 3. The molecule has 3 heteroatoms. The Labute approximate surface area is 96.3 Å². The van der Waals surface area contributed by atoms with Crippen molar-refractivity contribution in [2.45, 2.75) is 20.3 Å². The standard InChI is InChI=1S/C13H19N3/c1-9(8-14)7-12-15-11-6-4-5-10(2)13(11)16(12)3/h4-6,9H,7-8,14H2,1-3H3. The van der Waals surface area contributed by atoms with Crippen LogP contribution in [0.3, 0.4) is 0 Å². The zero-order chi connectivity index (χ0) is 11.7. The van der Waals surface area contributed by atoms with Crippen molar-refractivity contribution in [1.29, 1.82) is 0 Å². The fraction of sp³-hybridized carbons (Fsp3) is 0.462. The lowest BCUT2D eigenvalue weighted by molar-refractivity contribution is 0.563. The van der Waals surface area contributed by atoms with E-state index in [1.54, 1.807) is 0 Å². The van der Waals surface area contributed by atoms with Gasteiger partial charge in [0.25, 0.3) is 0 Å². The molecule has 0 radical (unpaired) electrons. The van der Waals surface area contributed by atoms with Gasteiger partial charge in [0.15, 0.2) is 0 Å². The zero-order valence-electron chi connectivity index (χ0n) is 10.2. The quantitative estimate of drug-likeness (QED) is 0.854. The highest BCUT2D eigenvalue weighted by Crippen LogP contribution is 2.20. The molecule has 0 aliphatic rings. The number of hydrogen-bond acceptors (Lipinski definition) is 2. The van der Waals surface area contributed by atoms with Crippen LogP contribution in [0, 0.1) is 12.8 Å². The number of fused-ring (bicyclic) bond motifs is 1. The maximum atomic E-state index is 5.66. The molecule has 16 heavy (non-hydrogen) atoms. The number of imidazole rings is 1. The summed E-state index contributed by atoms with van der Waals surface area (Å²) in [5, 5.41) is 0. The molecule has 1 unspecified atom stereocenters. The van der Waals surface area contributed by atoms with Crippen molar-refractivity contribution < 1.29 is 0 Å². The number of para-hydroxylation sites is 1. The Morgan fingerprint density at radius 3 is 2.81 bits per heavy atom. The largest absolute Gasteiger partial charge is 0.331 e. The Morgan fingerprint density at radius 1 is 1.44 bits per heavy atom. The third-order valence-electron chi connectivity index (χ3n) is 3.12. The van der Waals surface area contributed by atoms with Crippen molar-refractivity contribution in [3.8, 4) is 0 Å². The van der Waals surface area contributed by atoms with Crippen LogP contribution >= 0.6 is 0 Å². The summed E-state index contributed by atoms with van der Waals surface area (Å²) in [6.07, 6.45) is 0.946. The van der Waals surface area contributed by atoms with E-state index in [1.165, 1.54) is 11.1 Å². The lowest BCUT2D eigenvalue weighted by atomic mass is 10.1. The summed E-state index contributed by atoms with van der Waals surface area (Å²) in [7, 11) is 2.08. The van der Waals surface area contributed by atoms with E-state index < -0.39 is 0 Å². The summed E-state index contributed by atoms with van der Waals surface area (Å²) in [5.41, 5.74) is 9.26. The van der Waals surface area contributed by atoms with Gasteiger partial charge < -0.3 is 10.3 Å². The van der Waals surface area contributed by atoms with Crippen LogP contribution in [0.5, 0.6) is 0 Å². The van der Waals surface area contributed by atoms with E-state index in [4.69, 9.17) is 5.73 Å². The van der Waals surface area contributed by atoms with Crippen LogP contribution in [0.15, 0.2) is 18.2 Å². The van der Waals surface area contributed by atoms with Crippen molar-refractivity contribution >= 4 is 11.0 Å². The third-order valence-corrected chi connectivity index (χ3v) is 3.12. The number of nitrogens with two attached hydrogens (primary N) is 1. The van der Waals surface area contributed by atoms with Gasteiger partial charge in [-0.1, -0.05) is 19.1 Å². The molecular weight excluding hydrogens is 198 g/mol. The van der Waals surface area contributed by atoms with Crippen molar-refractivity contribution in [3.05, 3.63) is 29.6 Å². The SMILES string of the molecule is Cc1cccc2nc(CC(C)CN)n(C)c12. The molecule has 0 aliphatic carbocycles. The normalized spacial score (nSPS) is 13.2. The van der Waals surface area contributed by atoms with Crippen molar-refractivity contribution in [2.24, 2.45) is 18.7 Å². The molecule has 3 nitrogen and oxygen atoms in total. The number of nitrogens with zero attached hydrogens (tertiary/aromatic N) is 2. The van der Waals surface area contributed by atoms with Crippen LogP contribution in [0.4, 0.5) is 0 Å². The second-order valence-corrected chi connectivity index (χ2v) is 4.57. The van der Waals surface area contributed by atoms with Gasteiger partial charge in [-0.15, -0.1) is 0 Å². The minimum Gasteiger partial charge on any atom is -0.331 e. The fourth-order valence-corrected chi connectivity index (χ4v) is 2.09. The highest BCUT2D eigenvalue weighted by Gasteiger charge is 2.11. The third kappa shape index (κ3) is 1.83. The Kier molecular flexibility index (Phi) is 2.97. The second kappa shape index (κ2) is 4.26. The second-order valence-electron chi connectivity index (χ2n) is 4.57. The summed E-state index contributed by atoms with van der Waals surface area (Å²) >= 11 is 0. The van der Waals surface area contributed by atoms with Gasteiger partial charge in [-0.25, -0.2) is 4.98 Å². The number of aromatic nitrogens is 2. The molecule has 1 atom stereocenters. The van der Waals surface area contributed by atoms with Gasteiger partial charge in [-0.05, 0) is 31.0 Å². The summed E-state index contributed by atoms with van der Waals surface area (Å²) < 4.78 is 2.19. The summed E-state index contributed by atoms with van der Waals surface area (Å²) in [4.78, 5) is 4.67. The van der Waals surface area contributed by atoms with Gasteiger partial charge in [0.2, 0.25) is 0 Å². The Balaban J connectivity index is 2.48. The van der Waals surface area contributed by atoms with Crippen molar-refractivity contribution in [2.75, 3.05) is 6.54 Å². The lowest BCUT2D eigenvalue weighted by Gasteiger charge is -2.08. The number of aryl methyl sites for hydroxylation is 2. The van der Waals surface area contributed by atoms with E-state index in [2.05, 4.69) is 48.6 Å². The van der Waals surface area contributed by atoms with Crippen LogP contribution in [-0.2, 0) is 13.5 Å². The average Bonchev–Trinajstić information content (AvgIpc) is 2.57. The van der Waals surface area contributed by atoms with E-state index in [0.717, 1.165) is 17.8 Å². The minimum atomic E-state index is 0.482. The fourth-order valence-electron chi connectivity index (χ4n) is 2.09. The monoisotopic (exact) mass is 217 g/mol. The van der Waals surface area contributed by atoms with E-state index in [9.17, 15) is 0 Å². The molecule has 86 valence electrons.